The lowest BCUT2D eigenvalue weighted by Gasteiger charge is -2.16. The lowest BCUT2D eigenvalue weighted by molar-refractivity contribution is 0.405. The molecule has 0 fully saturated rings. The molecule has 5 heteroatoms. The Kier molecular flexibility index (Phi) is 6.98. The Morgan fingerprint density at radius 3 is 2.29 bits per heavy atom. The molecule has 0 spiro atoms. The lowest BCUT2D eigenvalue weighted by Crippen LogP contribution is -2.17. The Morgan fingerprint density at radius 1 is 0.929 bits per heavy atom. The van der Waals surface area contributed by atoms with Crippen LogP contribution >= 0.6 is 0 Å². The number of nitrogens with zero attached hydrogens (tertiary/aromatic N) is 3. The van der Waals surface area contributed by atoms with Gasteiger partial charge >= 0.3 is 0 Å². The van der Waals surface area contributed by atoms with Gasteiger partial charge in [0.1, 0.15) is 5.82 Å². The maximum atomic E-state index is 4.76. The zero-order valence-electron chi connectivity index (χ0n) is 16.9. The summed E-state index contributed by atoms with van der Waals surface area (Å²) in [4.78, 5) is 11.6. The Labute approximate surface area is 167 Å². The van der Waals surface area contributed by atoms with Crippen molar-refractivity contribution in [2.45, 2.75) is 19.4 Å². The van der Waals surface area contributed by atoms with Crippen LogP contribution in [0.2, 0.25) is 0 Å². The molecule has 0 bridgehead atoms. The van der Waals surface area contributed by atoms with Crippen LogP contribution in [-0.4, -0.2) is 42.1 Å². The van der Waals surface area contributed by atoms with Crippen LogP contribution < -0.4 is 10.6 Å². The fraction of sp³-hybridized carbons (Fsp3) is 0.304. The van der Waals surface area contributed by atoms with Gasteiger partial charge < -0.3 is 15.5 Å². The highest BCUT2D eigenvalue weighted by Gasteiger charge is 2.10. The van der Waals surface area contributed by atoms with Crippen LogP contribution in [0.3, 0.4) is 0 Å². The summed E-state index contributed by atoms with van der Waals surface area (Å²) in [5.74, 6) is 1.48. The molecule has 146 valence electrons. The van der Waals surface area contributed by atoms with Crippen LogP contribution in [0.25, 0.3) is 11.3 Å². The van der Waals surface area contributed by atoms with Crippen molar-refractivity contribution in [2.24, 2.45) is 0 Å². The molecule has 3 aromatic rings. The van der Waals surface area contributed by atoms with Crippen molar-refractivity contribution in [3.63, 3.8) is 0 Å². The summed E-state index contributed by atoms with van der Waals surface area (Å²) >= 11 is 0. The van der Waals surface area contributed by atoms with E-state index in [1.807, 2.05) is 42.5 Å². The van der Waals surface area contributed by atoms with Crippen molar-refractivity contribution in [2.75, 3.05) is 37.8 Å². The van der Waals surface area contributed by atoms with Crippen molar-refractivity contribution >= 4 is 11.8 Å². The third-order valence-corrected chi connectivity index (χ3v) is 4.53. The highest BCUT2D eigenvalue weighted by molar-refractivity contribution is 5.64. The second kappa shape index (κ2) is 9.85. The van der Waals surface area contributed by atoms with Crippen molar-refractivity contribution < 1.29 is 0 Å². The molecule has 2 aromatic carbocycles. The number of hydrogen-bond acceptors (Lipinski definition) is 5. The molecular weight excluding hydrogens is 346 g/mol. The van der Waals surface area contributed by atoms with E-state index >= 15 is 0 Å². The summed E-state index contributed by atoms with van der Waals surface area (Å²) in [7, 11) is 4.18. The Balaban J connectivity index is 1.80. The van der Waals surface area contributed by atoms with Crippen LogP contribution in [0.1, 0.15) is 24.9 Å². The molecule has 28 heavy (non-hydrogen) atoms. The second-order valence-electron chi connectivity index (χ2n) is 7.19. The molecule has 0 aliphatic heterocycles. The number of nitrogens with one attached hydrogen (secondary N) is 2. The molecule has 1 unspecified atom stereocenters. The Hall–Kier alpha value is -2.92. The second-order valence-corrected chi connectivity index (χ2v) is 7.19. The van der Waals surface area contributed by atoms with Gasteiger partial charge in [-0.25, -0.2) is 4.98 Å². The molecule has 0 saturated heterocycles. The van der Waals surface area contributed by atoms with Crippen LogP contribution in [0, 0.1) is 0 Å². The van der Waals surface area contributed by atoms with Gasteiger partial charge in [0, 0.05) is 18.2 Å². The standard InChI is InChI=1S/C23H29N5/c1-18(19-11-6-4-7-12-19)25-23-26-21(20-13-8-5-9-14-20)17-22(27-23)24-15-10-16-28(2)3/h4-9,11-14,17-18H,10,15-16H2,1-3H3,(H2,24,25,26,27). The number of anilines is 2. The quantitative estimate of drug-likeness (QED) is 0.532. The summed E-state index contributed by atoms with van der Waals surface area (Å²) in [5, 5.41) is 6.89. The summed E-state index contributed by atoms with van der Waals surface area (Å²) in [6.07, 6.45) is 1.06. The average molecular weight is 376 g/mol. The third kappa shape index (κ3) is 5.79. The summed E-state index contributed by atoms with van der Waals surface area (Å²) in [6, 6.07) is 22.7. The molecule has 1 atom stereocenters. The molecule has 5 nitrogen and oxygen atoms in total. The van der Waals surface area contributed by atoms with E-state index in [1.54, 1.807) is 0 Å². The van der Waals surface area contributed by atoms with Gasteiger partial charge in [-0.2, -0.15) is 4.98 Å². The zero-order valence-corrected chi connectivity index (χ0v) is 16.9. The van der Waals surface area contributed by atoms with E-state index in [4.69, 9.17) is 9.97 Å². The fourth-order valence-electron chi connectivity index (χ4n) is 2.99. The molecule has 1 aromatic heterocycles. The number of rotatable bonds is 9. The minimum atomic E-state index is 0.119. The number of aromatic nitrogens is 2. The predicted octanol–water partition coefficient (Wildman–Crippen LogP) is 4.68. The average Bonchev–Trinajstić information content (AvgIpc) is 2.72. The molecule has 0 aliphatic rings. The molecule has 0 saturated carbocycles. The highest BCUT2D eigenvalue weighted by atomic mass is 15.2. The van der Waals surface area contributed by atoms with Crippen LogP contribution in [-0.2, 0) is 0 Å². The van der Waals surface area contributed by atoms with Crippen molar-refractivity contribution in [1.29, 1.82) is 0 Å². The highest BCUT2D eigenvalue weighted by Crippen LogP contribution is 2.23. The van der Waals surface area contributed by atoms with Crippen molar-refractivity contribution in [1.82, 2.24) is 14.9 Å². The van der Waals surface area contributed by atoms with Gasteiger partial charge in [-0.1, -0.05) is 60.7 Å². The SMILES string of the molecule is CC(Nc1nc(NCCCN(C)C)cc(-c2ccccc2)n1)c1ccccc1. The van der Waals surface area contributed by atoms with Crippen molar-refractivity contribution in [3.8, 4) is 11.3 Å². The maximum absolute atomic E-state index is 4.76. The molecule has 2 N–H and O–H groups in total. The summed E-state index contributed by atoms with van der Waals surface area (Å²) < 4.78 is 0. The van der Waals surface area contributed by atoms with Crippen LogP contribution in [0.4, 0.5) is 11.8 Å². The van der Waals surface area contributed by atoms with E-state index in [-0.39, 0.29) is 6.04 Å². The van der Waals surface area contributed by atoms with E-state index in [2.05, 4.69) is 60.8 Å². The molecule has 1 heterocycles. The van der Waals surface area contributed by atoms with Crippen LogP contribution in [0.5, 0.6) is 0 Å². The fourth-order valence-corrected chi connectivity index (χ4v) is 2.99. The molecule has 0 aliphatic carbocycles. The molecule has 0 radical (unpaired) electrons. The minimum Gasteiger partial charge on any atom is -0.370 e. The van der Waals surface area contributed by atoms with Gasteiger partial charge in [-0.3, -0.25) is 0 Å². The molecule has 3 rings (SSSR count). The maximum Gasteiger partial charge on any atom is 0.225 e. The van der Waals surface area contributed by atoms with E-state index < -0.39 is 0 Å². The van der Waals surface area contributed by atoms with E-state index in [9.17, 15) is 0 Å². The van der Waals surface area contributed by atoms with Gasteiger partial charge in [-0.15, -0.1) is 0 Å². The van der Waals surface area contributed by atoms with Gasteiger partial charge in [0.2, 0.25) is 5.95 Å². The van der Waals surface area contributed by atoms with Gasteiger partial charge in [-0.05, 0) is 39.5 Å². The Morgan fingerprint density at radius 2 is 1.61 bits per heavy atom. The lowest BCUT2D eigenvalue weighted by atomic mass is 10.1. The van der Waals surface area contributed by atoms with E-state index in [0.717, 1.165) is 36.6 Å². The first-order chi connectivity index (χ1) is 13.6. The van der Waals surface area contributed by atoms with Gasteiger partial charge in [0.15, 0.2) is 0 Å². The number of hydrogen-bond donors (Lipinski definition) is 2. The molecular formula is C23H29N5. The topological polar surface area (TPSA) is 53.1 Å². The van der Waals surface area contributed by atoms with Crippen molar-refractivity contribution in [3.05, 3.63) is 72.3 Å². The number of benzene rings is 2. The molecule has 0 amide bonds. The largest absolute Gasteiger partial charge is 0.370 e. The van der Waals surface area contributed by atoms with E-state index in [1.165, 1.54) is 5.56 Å². The summed E-state index contributed by atoms with van der Waals surface area (Å²) in [6.45, 7) is 4.04. The Bertz CT molecular complexity index is 849. The minimum absolute atomic E-state index is 0.119. The van der Waals surface area contributed by atoms with Gasteiger partial charge in [0.05, 0.1) is 11.7 Å². The van der Waals surface area contributed by atoms with Crippen LogP contribution in [0.15, 0.2) is 66.7 Å². The first-order valence-electron chi connectivity index (χ1n) is 9.76. The first kappa shape index (κ1) is 19.8. The smallest absolute Gasteiger partial charge is 0.225 e. The third-order valence-electron chi connectivity index (χ3n) is 4.53. The monoisotopic (exact) mass is 375 g/mol. The predicted molar refractivity (Wildman–Crippen MR) is 118 cm³/mol. The zero-order chi connectivity index (χ0) is 19.8. The van der Waals surface area contributed by atoms with E-state index in [0.29, 0.717) is 5.95 Å². The van der Waals surface area contributed by atoms with Gasteiger partial charge in [0.25, 0.3) is 0 Å². The summed E-state index contributed by atoms with van der Waals surface area (Å²) in [5.41, 5.74) is 3.20. The normalized spacial score (nSPS) is 12.0. The first-order valence-corrected chi connectivity index (χ1v) is 9.76.